The van der Waals surface area contributed by atoms with Gasteiger partial charge in [0.1, 0.15) is 5.65 Å². The molecule has 4 rings (SSSR count). The molecule has 0 saturated heterocycles. The van der Waals surface area contributed by atoms with E-state index >= 15 is 0 Å². The molecule has 4 aromatic rings. The third-order valence-corrected chi connectivity index (χ3v) is 4.57. The number of imidazole rings is 1. The van der Waals surface area contributed by atoms with Crippen molar-refractivity contribution in [2.45, 2.75) is 19.0 Å². The fourth-order valence-corrected chi connectivity index (χ4v) is 3.35. The number of aliphatic carboxylic acids is 1. The van der Waals surface area contributed by atoms with Crippen LogP contribution in [0.1, 0.15) is 17.7 Å². The number of aryl methyl sites for hydroxylation is 1. The Morgan fingerprint density at radius 1 is 1.11 bits per heavy atom. The van der Waals surface area contributed by atoms with Crippen LogP contribution in [0, 0.1) is 0 Å². The molecule has 3 heterocycles. The van der Waals surface area contributed by atoms with Gasteiger partial charge in [0.15, 0.2) is 0 Å². The van der Waals surface area contributed by atoms with Crippen molar-refractivity contribution in [3.63, 3.8) is 0 Å². The number of benzene rings is 1. The largest absolute Gasteiger partial charge is 0.481 e. The zero-order valence-electron chi connectivity index (χ0n) is 14.4. The highest BCUT2D eigenvalue weighted by Crippen LogP contribution is 2.41. The molecule has 5 nitrogen and oxygen atoms in total. The summed E-state index contributed by atoms with van der Waals surface area (Å²) in [6.45, 7) is 0. The molecule has 0 amide bonds. The number of hydrogen-bond acceptors (Lipinski definition) is 3. The number of pyridine rings is 2. The Bertz CT molecular complexity index is 1200. The van der Waals surface area contributed by atoms with E-state index in [9.17, 15) is 18.0 Å². The summed E-state index contributed by atoms with van der Waals surface area (Å²) in [5, 5.41) is 9.36. The van der Waals surface area contributed by atoms with E-state index in [1.807, 2.05) is 0 Å². The molecular formula is C20H14F3N3O2. The molecule has 3 aromatic heterocycles. The summed E-state index contributed by atoms with van der Waals surface area (Å²) in [5.74, 6) is -0.951. The van der Waals surface area contributed by atoms with E-state index in [1.165, 1.54) is 24.5 Å². The maximum Gasteiger partial charge on any atom is 0.419 e. The minimum Gasteiger partial charge on any atom is -0.481 e. The predicted octanol–water partition coefficient (Wildman–Crippen LogP) is 4.59. The third kappa shape index (κ3) is 3.06. The lowest BCUT2D eigenvalue weighted by atomic mass is 9.99. The summed E-state index contributed by atoms with van der Waals surface area (Å²) in [6, 6.07) is 9.36. The predicted molar refractivity (Wildman–Crippen MR) is 96.9 cm³/mol. The second-order valence-corrected chi connectivity index (χ2v) is 6.32. The first-order valence-corrected chi connectivity index (χ1v) is 8.48. The summed E-state index contributed by atoms with van der Waals surface area (Å²) >= 11 is 0. The van der Waals surface area contributed by atoms with Crippen molar-refractivity contribution in [1.29, 1.82) is 0 Å². The number of halogens is 3. The van der Waals surface area contributed by atoms with Crippen molar-refractivity contribution >= 4 is 22.4 Å². The lowest BCUT2D eigenvalue weighted by Gasteiger charge is -2.16. The Labute approximate surface area is 157 Å². The van der Waals surface area contributed by atoms with E-state index in [0.29, 0.717) is 16.7 Å². The van der Waals surface area contributed by atoms with Gasteiger partial charge in [0, 0.05) is 35.2 Å². The van der Waals surface area contributed by atoms with Crippen molar-refractivity contribution in [3.8, 4) is 11.3 Å². The first-order chi connectivity index (χ1) is 13.4. The normalized spacial score (nSPS) is 12.0. The van der Waals surface area contributed by atoms with Crippen LogP contribution in [-0.2, 0) is 17.4 Å². The van der Waals surface area contributed by atoms with Gasteiger partial charge in [-0.05, 0) is 23.9 Å². The molecule has 1 N–H and O–H groups in total. The number of alkyl halides is 3. The van der Waals surface area contributed by atoms with Crippen LogP contribution >= 0.6 is 0 Å². The van der Waals surface area contributed by atoms with Gasteiger partial charge in [0.2, 0.25) is 0 Å². The third-order valence-electron chi connectivity index (χ3n) is 4.57. The molecule has 1 aromatic carbocycles. The van der Waals surface area contributed by atoms with Gasteiger partial charge in [-0.15, -0.1) is 0 Å². The number of carbonyl (C=O) groups is 1. The second-order valence-electron chi connectivity index (χ2n) is 6.32. The number of carboxylic acids is 1. The van der Waals surface area contributed by atoms with Crippen molar-refractivity contribution < 1.29 is 23.1 Å². The summed E-state index contributed by atoms with van der Waals surface area (Å²) < 4.78 is 43.4. The van der Waals surface area contributed by atoms with Gasteiger partial charge in [0.05, 0.1) is 17.7 Å². The molecule has 8 heteroatoms. The molecule has 0 radical (unpaired) electrons. The van der Waals surface area contributed by atoms with Crippen LogP contribution in [0.5, 0.6) is 0 Å². The van der Waals surface area contributed by atoms with Gasteiger partial charge in [-0.1, -0.05) is 24.3 Å². The molecule has 0 spiro atoms. The van der Waals surface area contributed by atoms with Crippen LogP contribution in [-0.4, -0.2) is 25.4 Å². The number of hydrogen-bond donors (Lipinski definition) is 1. The average molecular weight is 385 g/mol. The van der Waals surface area contributed by atoms with Gasteiger partial charge in [-0.3, -0.25) is 9.78 Å². The lowest BCUT2D eigenvalue weighted by molar-refractivity contribution is -0.137. The molecule has 0 aliphatic rings. The molecule has 0 atom stereocenters. The van der Waals surface area contributed by atoms with Crippen LogP contribution in [0.15, 0.2) is 55.0 Å². The maximum atomic E-state index is 13.9. The van der Waals surface area contributed by atoms with Crippen molar-refractivity contribution in [3.05, 3.63) is 66.2 Å². The fourth-order valence-electron chi connectivity index (χ4n) is 3.35. The minimum absolute atomic E-state index is 0.0691. The van der Waals surface area contributed by atoms with Gasteiger partial charge in [-0.2, -0.15) is 13.2 Å². The SMILES string of the molecule is O=C(O)CCc1ccc(-c2ncc3ccccc3c2C(F)(F)F)c2nccn12. The van der Waals surface area contributed by atoms with Crippen molar-refractivity contribution in [1.82, 2.24) is 14.4 Å². The highest BCUT2D eigenvalue weighted by Gasteiger charge is 2.37. The number of aromatic nitrogens is 3. The lowest BCUT2D eigenvalue weighted by Crippen LogP contribution is -2.10. The molecule has 0 unspecified atom stereocenters. The van der Waals surface area contributed by atoms with E-state index in [1.54, 1.807) is 34.9 Å². The molecule has 0 aliphatic heterocycles. The van der Waals surface area contributed by atoms with Crippen molar-refractivity contribution in [2.75, 3.05) is 0 Å². The van der Waals surface area contributed by atoms with Crippen LogP contribution < -0.4 is 0 Å². The van der Waals surface area contributed by atoms with Gasteiger partial charge in [0.25, 0.3) is 0 Å². The second kappa shape index (κ2) is 6.63. The van der Waals surface area contributed by atoms with Gasteiger partial charge < -0.3 is 9.51 Å². The molecule has 142 valence electrons. The first-order valence-electron chi connectivity index (χ1n) is 8.48. The van der Waals surface area contributed by atoms with Crippen LogP contribution in [0.2, 0.25) is 0 Å². The number of rotatable bonds is 4. The fraction of sp³-hybridized carbons (Fsp3) is 0.150. The maximum absolute atomic E-state index is 13.9. The van der Waals surface area contributed by atoms with E-state index in [4.69, 9.17) is 5.11 Å². The Hall–Kier alpha value is -3.42. The average Bonchev–Trinajstić information content (AvgIpc) is 3.14. The summed E-state index contributed by atoms with van der Waals surface area (Å²) in [5.41, 5.74) is 0.173. The standard InChI is InChI=1S/C20H14F3N3O2/c21-20(22,23)17-14-4-2-1-3-12(14)11-25-18(17)15-7-5-13(6-8-16(27)28)26-10-9-24-19(15)26/h1-5,7,9-11H,6,8H2,(H,27,28). The summed E-state index contributed by atoms with van der Waals surface area (Å²) in [7, 11) is 0. The van der Waals surface area contributed by atoms with Crippen LogP contribution in [0.4, 0.5) is 13.2 Å². The molecule has 0 fully saturated rings. The number of nitrogens with zero attached hydrogens (tertiary/aromatic N) is 3. The topological polar surface area (TPSA) is 67.5 Å². The quantitative estimate of drug-likeness (QED) is 0.558. The number of carboxylic acid groups (broad SMARTS) is 1. The minimum atomic E-state index is -4.60. The summed E-state index contributed by atoms with van der Waals surface area (Å²) in [6.07, 6.45) is 0.0303. The summed E-state index contributed by atoms with van der Waals surface area (Å²) in [4.78, 5) is 19.2. The molecule has 28 heavy (non-hydrogen) atoms. The molecule has 0 saturated carbocycles. The molecule has 0 aliphatic carbocycles. The zero-order chi connectivity index (χ0) is 19.9. The first kappa shape index (κ1) is 18.0. The highest BCUT2D eigenvalue weighted by atomic mass is 19.4. The molecular weight excluding hydrogens is 371 g/mol. The van der Waals surface area contributed by atoms with Gasteiger partial charge >= 0.3 is 12.1 Å². The van der Waals surface area contributed by atoms with E-state index < -0.39 is 17.7 Å². The van der Waals surface area contributed by atoms with E-state index in [2.05, 4.69) is 9.97 Å². The van der Waals surface area contributed by atoms with Crippen molar-refractivity contribution in [2.24, 2.45) is 0 Å². The van der Waals surface area contributed by atoms with E-state index in [-0.39, 0.29) is 29.5 Å². The Morgan fingerprint density at radius 3 is 2.64 bits per heavy atom. The molecule has 0 bridgehead atoms. The zero-order valence-corrected chi connectivity index (χ0v) is 14.4. The smallest absolute Gasteiger partial charge is 0.419 e. The van der Waals surface area contributed by atoms with E-state index in [0.717, 1.165) is 0 Å². The Balaban J connectivity index is 1.96. The highest BCUT2D eigenvalue weighted by molar-refractivity contribution is 5.92. The Morgan fingerprint density at radius 2 is 1.89 bits per heavy atom. The number of fused-ring (bicyclic) bond motifs is 2. The van der Waals surface area contributed by atoms with Gasteiger partial charge in [-0.25, -0.2) is 4.98 Å². The van der Waals surface area contributed by atoms with Crippen LogP contribution in [0.3, 0.4) is 0 Å². The monoisotopic (exact) mass is 385 g/mol. The van der Waals surface area contributed by atoms with Crippen LogP contribution in [0.25, 0.3) is 27.7 Å². The Kier molecular flexibility index (Phi) is 4.26.